The minimum Gasteiger partial charge on any atom is -0.316 e. The van der Waals surface area contributed by atoms with Crippen molar-refractivity contribution in [2.24, 2.45) is 0 Å². The number of aromatic nitrogens is 3. The van der Waals surface area contributed by atoms with E-state index in [2.05, 4.69) is 9.97 Å². The molecule has 0 aromatic carbocycles. The SMILES string of the molecule is Cc1cc(C(=O)C(C#N)c2ncc(C(F)(F)F)cc2Cl)c(C)n1-c1cccnc1. The number of pyridine rings is 2. The number of hydrogen-bond acceptors (Lipinski definition) is 4. The molecule has 1 unspecified atom stereocenters. The predicted molar refractivity (Wildman–Crippen MR) is 100.0 cm³/mol. The van der Waals surface area contributed by atoms with Crippen molar-refractivity contribution < 1.29 is 18.0 Å². The number of ketones is 1. The summed E-state index contributed by atoms with van der Waals surface area (Å²) >= 11 is 5.93. The second kappa shape index (κ2) is 7.68. The van der Waals surface area contributed by atoms with Gasteiger partial charge in [-0.2, -0.15) is 18.4 Å². The van der Waals surface area contributed by atoms with Gasteiger partial charge in [0, 0.05) is 29.3 Å². The molecule has 0 radical (unpaired) electrons. The molecule has 0 spiro atoms. The lowest BCUT2D eigenvalue weighted by molar-refractivity contribution is -0.137. The molecule has 0 aliphatic rings. The summed E-state index contributed by atoms with van der Waals surface area (Å²) < 4.78 is 40.3. The summed E-state index contributed by atoms with van der Waals surface area (Å²) in [5.74, 6) is -2.03. The van der Waals surface area contributed by atoms with Crippen molar-refractivity contribution in [3.63, 3.8) is 0 Å². The smallest absolute Gasteiger partial charge is 0.316 e. The van der Waals surface area contributed by atoms with Gasteiger partial charge < -0.3 is 4.57 Å². The Morgan fingerprint density at radius 3 is 2.55 bits per heavy atom. The Hall–Kier alpha value is -3.18. The molecule has 0 amide bonds. The maximum atomic E-state index is 13.1. The largest absolute Gasteiger partial charge is 0.417 e. The fourth-order valence-corrected chi connectivity index (χ4v) is 3.39. The van der Waals surface area contributed by atoms with Gasteiger partial charge in [-0.15, -0.1) is 0 Å². The van der Waals surface area contributed by atoms with Crippen molar-refractivity contribution in [1.82, 2.24) is 14.5 Å². The molecule has 0 saturated heterocycles. The Morgan fingerprint density at radius 2 is 2.00 bits per heavy atom. The number of carbonyl (C=O) groups excluding carboxylic acids is 1. The van der Waals surface area contributed by atoms with Crippen LogP contribution in [0, 0.1) is 25.2 Å². The van der Waals surface area contributed by atoms with E-state index in [-0.39, 0.29) is 16.3 Å². The number of Topliss-reactive ketones (excluding diaryl/α,β-unsaturated/α-hetero) is 1. The highest BCUT2D eigenvalue weighted by Gasteiger charge is 2.34. The quantitative estimate of drug-likeness (QED) is 0.556. The van der Waals surface area contributed by atoms with Crippen LogP contribution in [-0.2, 0) is 6.18 Å². The predicted octanol–water partition coefficient (Wildman–Crippen LogP) is 5.05. The molecule has 9 heteroatoms. The number of rotatable bonds is 4. The van der Waals surface area contributed by atoms with E-state index in [0.29, 0.717) is 18.0 Å². The van der Waals surface area contributed by atoms with Gasteiger partial charge in [0.25, 0.3) is 0 Å². The Bertz CT molecular complexity index is 1120. The van der Waals surface area contributed by atoms with Crippen LogP contribution < -0.4 is 0 Å². The van der Waals surface area contributed by atoms with Crippen LogP contribution in [-0.4, -0.2) is 20.3 Å². The minimum absolute atomic E-state index is 0.210. The number of alkyl halides is 3. The Labute approximate surface area is 169 Å². The maximum Gasteiger partial charge on any atom is 0.417 e. The first-order chi connectivity index (χ1) is 13.6. The standard InChI is InChI=1S/C20H14ClF3N4O/c1-11-6-15(12(2)28(11)14-4-3-5-26-10-14)19(29)16(8-25)18-17(21)7-13(9-27-18)20(22,23)24/h3-7,9-10,16H,1-2H3. The lowest BCUT2D eigenvalue weighted by Crippen LogP contribution is -2.15. The van der Waals surface area contributed by atoms with Gasteiger partial charge in [-0.1, -0.05) is 11.6 Å². The summed E-state index contributed by atoms with van der Waals surface area (Å²) in [6, 6.07) is 7.66. The van der Waals surface area contributed by atoms with E-state index in [9.17, 15) is 23.2 Å². The molecule has 0 aliphatic carbocycles. The Kier molecular flexibility index (Phi) is 5.44. The molecule has 29 heavy (non-hydrogen) atoms. The van der Waals surface area contributed by atoms with Crippen molar-refractivity contribution in [1.29, 1.82) is 5.26 Å². The summed E-state index contributed by atoms with van der Waals surface area (Å²) in [5.41, 5.74) is 1.05. The average molecular weight is 419 g/mol. The third-order valence-corrected chi connectivity index (χ3v) is 4.77. The molecule has 148 valence electrons. The van der Waals surface area contributed by atoms with Crippen molar-refractivity contribution in [3.05, 3.63) is 76.1 Å². The molecular weight excluding hydrogens is 405 g/mol. The number of halogens is 4. The van der Waals surface area contributed by atoms with Gasteiger partial charge in [-0.05, 0) is 38.1 Å². The van der Waals surface area contributed by atoms with Crippen LogP contribution in [0.2, 0.25) is 5.02 Å². The molecule has 5 nitrogen and oxygen atoms in total. The molecule has 0 aliphatic heterocycles. The summed E-state index contributed by atoms with van der Waals surface area (Å²) in [7, 11) is 0. The van der Waals surface area contributed by atoms with Crippen molar-refractivity contribution in [2.75, 3.05) is 0 Å². The molecule has 0 N–H and O–H groups in total. The van der Waals surface area contributed by atoms with E-state index in [1.165, 1.54) is 0 Å². The van der Waals surface area contributed by atoms with Gasteiger partial charge in [-0.25, -0.2) is 0 Å². The van der Waals surface area contributed by atoms with Crippen molar-refractivity contribution >= 4 is 17.4 Å². The maximum absolute atomic E-state index is 13.1. The highest BCUT2D eigenvalue weighted by atomic mass is 35.5. The van der Waals surface area contributed by atoms with Crippen LogP contribution >= 0.6 is 11.6 Å². The summed E-state index contributed by atoms with van der Waals surface area (Å²) in [5, 5.41) is 9.15. The Morgan fingerprint density at radius 1 is 1.28 bits per heavy atom. The van der Waals surface area contributed by atoms with Crippen molar-refractivity contribution in [3.8, 4) is 11.8 Å². The summed E-state index contributed by atoms with van der Waals surface area (Å²) in [6.07, 6.45) is -0.814. The molecule has 0 bridgehead atoms. The zero-order chi connectivity index (χ0) is 21.3. The van der Waals surface area contributed by atoms with Gasteiger partial charge in [-0.3, -0.25) is 14.8 Å². The second-order valence-electron chi connectivity index (χ2n) is 6.35. The molecule has 3 heterocycles. The second-order valence-corrected chi connectivity index (χ2v) is 6.75. The van der Waals surface area contributed by atoms with Crippen LogP contribution in [0.4, 0.5) is 13.2 Å². The molecular formula is C20H14ClF3N4O. The first-order valence-electron chi connectivity index (χ1n) is 8.41. The van der Waals surface area contributed by atoms with Crippen LogP contribution in [0.25, 0.3) is 5.69 Å². The number of nitrogens with zero attached hydrogens (tertiary/aromatic N) is 4. The summed E-state index contributed by atoms with van der Waals surface area (Å²) in [6.45, 7) is 3.50. The molecule has 3 aromatic rings. The number of carbonyl (C=O) groups is 1. The number of aryl methyl sites for hydroxylation is 1. The monoisotopic (exact) mass is 418 g/mol. The lowest BCUT2D eigenvalue weighted by atomic mass is 9.95. The van der Waals surface area contributed by atoms with Crippen LogP contribution in [0.3, 0.4) is 0 Å². The summed E-state index contributed by atoms with van der Waals surface area (Å²) in [4.78, 5) is 20.8. The van der Waals surface area contributed by atoms with E-state index in [0.717, 1.165) is 11.4 Å². The van der Waals surface area contributed by atoms with E-state index < -0.39 is 23.4 Å². The molecule has 1 atom stereocenters. The van der Waals surface area contributed by atoms with E-state index >= 15 is 0 Å². The zero-order valence-corrected chi connectivity index (χ0v) is 16.1. The average Bonchev–Trinajstić information content (AvgIpc) is 2.97. The molecule has 3 aromatic heterocycles. The first kappa shape index (κ1) is 20.6. The molecule has 0 fully saturated rings. The number of nitriles is 1. The van der Waals surface area contributed by atoms with Gasteiger partial charge in [0.1, 0.15) is 0 Å². The highest BCUT2D eigenvalue weighted by Crippen LogP contribution is 2.34. The van der Waals surface area contributed by atoms with E-state index in [1.54, 1.807) is 42.9 Å². The van der Waals surface area contributed by atoms with Crippen LogP contribution in [0.1, 0.15) is 38.9 Å². The topological polar surface area (TPSA) is 71.6 Å². The van der Waals surface area contributed by atoms with Crippen LogP contribution in [0.5, 0.6) is 0 Å². The van der Waals surface area contributed by atoms with Gasteiger partial charge >= 0.3 is 6.18 Å². The lowest BCUT2D eigenvalue weighted by Gasteiger charge is -2.13. The zero-order valence-electron chi connectivity index (χ0n) is 15.3. The van der Waals surface area contributed by atoms with Crippen molar-refractivity contribution in [2.45, 2.75) is 25.9 Å². The van der Waals surface area contributed by atoms with Gasteiger partial charge in [0.2, 0.25) is 0 Å². The minimum atomic E-state index is -4.63. The highest BCUT2D eigenvalue weighted by molar-refractivity contribution is 6.31. The van der Waals surface area contributed by atoms with Crippen LogP contribution in [0.15, 0.2) is 42.9 Å². The normalized spacial score (nSPS) is 12.4. The first-order valence-corrected chi connectivity index (χ1v) is 8.78. The van der Waals surface area contributed by atoms with Gasteiger partial charge in [0.05, 0.1) is 34.2 Å². The third-order valence-electron chi connectivity index (χ3n) is 4.46. The fourth-order valence-electron chi connectivity index (χ4n) is 3.11. The Balaban J connectivity index is 2.03. The molecule has 3 rings (SSSR count). The third kappa shape index (κ3) is 3.87. The number of hydrogen-bond donors (Lipinski definition) is 0. The van der Waals surface area contributed by atoms with E-state index in [4.69, 9.17) is 11.6 Å². The molecule has 0 saturated carbocycles. The fraction of sp³-hybridized carbons (Fsp3) is 0.200. The van der Waals surface area contributed by atoms with Gasteiger partial charge in [0.15, 0.2) is 11.7 Å². The van der Waals surface area contributed by atoms with E-state index in [1.807, 2.05) is 12.1 Å².